The fraction of sp³-hybridized carbons (Fsp3) is 0.174. The number of aryl methyl sites for hydroxylation is 2. The Morgan fingerprint density at radius 2 is 1.44 bits per heavy atom. The van der Waals surface area contributed by atoms with E-state index in [4.69, 9.17) is 0 Å². The number of amides is 1. The van der Waals surface area contributed by atoms with Crippen LogP contribution in [0.2, 0.25) is 0 Å². The van der Waals surface area contributed by atoms with E-state index in [1.165, 1.54) is 16.7 Å². The quantitative estimate of drug-likeness (QED) is 0.624. The topological polar surface area (TPSA) is 29.1 Å². The summed E-state index contributed by atoms with van der Waals surface area (Å²) in [4.78, 5) is 12.1. The SMILES string of the molecule is Cc1ccccc1CCCC(=O)Nc1ccc(-c2ccccc2)cc1. The average Bonchev–Trinajstić information content (AvgIpc) is 2.65. The molecule has 1 amide bonds. The van der Waals surface area contributed by atoms with Crippen molar-refractivity contribution in [2.24, 2.45) is 0 Å². The van der Waals surface area contributed by atoms with E-state index in [9.17, 15) is 4.79 Å². The van der Waals surface area contributed by atoms with Crippen LogP contribution in [-0.2, 0) is 11.2 Å². The highest BCUT2D eigenvalue weighted by Gasteiger charge is 2.04. The second-order valence-corrected chi connectivity index (χ2v) is 6.27. The van der Waals surface area contributed by atoms with Gasteiger partial charge in [-0.25, -0.2) is 0 Å². The van der Waals surface area contributed by atoms with Crippen LogP contribution in [0.5, 0.6) is 0 Å². The van der Waals surface area contributed by atoms with Crippen molar-refractivity contribution in [2.75, 3.05) is 5.32 Å². The van der Waals surface area contributed by atoms with E-state index in [0.29, 0.717) is 6.42 Å². The van der Waals surface area contributed by atoms with Gasteiger partial charge in [0.2, 0.25) is 5.91 Å². The fourth-order valence-corrected chi connectivity index (χ4v) is 2.93. The Bertz CT molecular complexity index is 822. The van der Waals surface area contributed by atoms with Crippen LogP contribution in [0.3, 0.4) is 0 Å². The number of carbonyl (C=O) groups excluding carboxylic acids is 1. The molecule has 0 bridgehead atoms. The zero-order valence-corrected chi connectivity index (χ0v) is 14.5. The van der Waals surface area contributed by atoms with E-state index in [2.05, 4.69) is 42.6 Å². The van der Waals surface area contributed by atoms with Crippen molar-refractivity contribution in [3.05, 3.63) is 90.0 Å². The summed E-state index contributed by atoms with van der Waals surface area (Å²) in [7, 11) is 0. The van der Waals surface area contributed by atoms with Crippen LogP contribution in [0.4, 0.5) is 5.69 Å². The lowest BCUT2D eigenvalue weighted by atomic mass is 10.0. The van der Waals surface area contributed by atoms with Crippen LogP contribution >= 0.6 is 0 Å². The standard InChI is InChI=1S/C23H23NO/c1-18-8-5-6-9-19(18)12-7-13-23(25)24-22-16-14-21(15-17-22)20-10-3-2-4-11-20/h2-6,8-11,14-17H,7,12-13H2,1H3,(H,24,25). The summed E-state index contributed by atoms with van der Waals surface area (Å²) < 4.78 is 0. The molecular weight excluding hydrogens is 306 g/mol. The molecule has 0 saturated carbocycles. The number of carbonyl (C=O) groups is 1. The Balaban J connectivity index is 1.50. The van der Waals surface area contributed by atoms with E-state index in [0.717, 1.165) is 24.1 Å². The Labute approximate surface area is 149 Å². The fourth-order valence-electron chi connectivity index (χ4n) is 2.93. The first-order chi connectivity index (χ1) is 12.2. The van der Waals surface area contributed by atoms with Crippen LogP contribution in [0, 0.1) is 6.92 Å². The van der Waals surface area contributed by atoms with Crippen molar-refractivity contribution in [1.82, 2.24) is 0 Å². The summed E-state index contributed by atoms with van der Waals surface area (Å²) >= 11 is 0. The number of nitrogens with one attached hydrogen (secondary N) is 1. The van der Waals surface area contributed by atoms with E-state index in [1.807, 2.05) is 48.5 Å². The molecule has 0 saturated heterocycles. The van der Waals surface area contributed by atoms with Crippen molar-refractivity contribution in [1.29, 1.82) is 0 Å². The van der Waals surface area contributed by atoms with Crippen LogP contribution in [-0.4, -0.2) is 5.91 Å². The van der Waals surface area contributed by atoms with Gasteiger partial charge in [0.25, 0.3) is 0 Å². The molecule has 0 aliphatic rings. The summed E-state index contributed by atoms with van der Waals surface area (Å²) in [6, 6.07) is 26.6. The van der Waals surface area contributed by atoms with Gasteiger partial charge in [0, 0.05) is 12.1 Å². The maximum Gasteiger partial charge on any atom is 0.224 e. The highest BCUT2D eigenvalue weighted by Crippen LogP contribution is 2.21. The molecule has 0 unspecified atom stereocenters. The highest BCUT2D eigenvalue weighted by atomic mass is 16.1. The van der Waals surface area contributed by atoms with Crippen LogP contribution < -0.4 is 5.32 Å². The highest BCUT2D eigenvalue weighted by molar-refractivity contribution is 5.91. The molecule has 2 nitrogen and oxygen atoms in total. The zero-order chi connectivity index (χ0) is 17.5. The van der Waals surface area contributed by atoms with E-state index < -0.39 is 0 Å². The van der Waals surface area contributed by atoms with Crippen LogP contribution in [0.25, 0.3) is 11.1 Å². The second kappa shape index (κ2) is 8.29. The Kier molecular flexibility index (Phi) is 5.63. The summed E-state index contributed by atoms with van der Waals surface area (Å²) in [5, 5.41) is 2.98. The molecule has 3 aromatic carbocycles. The lowest BCUT2D eigenvalue weighted by Crippen LogP contribution is -2.11. The third kappa shape index (κ3) is 4.80. The Morgan fingerprint density at radius 3 is 2.16 bits per heavy atom. The Hall–Kier alpha value is -2.87. The molecule has 0 fully saturated rings. The number of anilines is 1. The Morgan fingerprint density at radius 1 is 0.800 bits per heavy atom. The lowest BCUT2D eigenvalue weighted by molar-refractivity contribution is -0.116. The summed E-state index contributed by atoms with van der Waals surface area (Å²) in [5.41, 5.74) is 5.79. The van der Waals surface area contributed by atoms with Gasteiger partial charge in [-0.1, -0.05) is 66.7 Å². The molecule has 3 aromatic rings. The molecule has 126 valence electrons. The van der Waals surface area contributed by atoms with Gasteiger partial charge in [-0.3, -0.25) is 4.79 Å². The maximum atomic E-state index is 12.1. The van der Waals surface area contributed by atoms with Gasteiger partial charge >= 0.3 is 0 Å². The van der Waals surface area contributed by atoms with Crippen molar-refractivity contribution in [3.63, 3.8) is 0 Å². The molecule has 0 aliphatic carbocycles. The molecule has 2 heteroatoms. The van der Waals surface area contributed by atoms with Gasteiger partial charge in [0.15, 0.2) is 0 Å². The molecule has 0 atom stereocenters. The predicted octanol–water partition coefficient (Wildman–Crippen LogP) is 5.62. The molecule has 0 aromatic heterocycles. The van der Waals surface area contributed by atoms with E-state index in [1.54, 1.807) is 0 Å². The minimum Gasteiger partial charge on any atom is -0.326 e. The smallest absolute Gasteiger partial charge is 0.224 e. The number of hydrogen-bond acceptors (Lipinski definition) is 1. The second-order valence-electron chi connectivity index (χ2n) is 6.27. The molecule has 0 heterocycles. The minimum atomic E-state index is 0.0704. The minimum absolute atomic E-state index is 0.0704. The monoisotopic (exact) mass is 329 g/mol. The largest absolute Gasteiger partial charge is 0.326 e. The zero-order valence-electron chi connectivity index (χ0n) is 14.5. The summed E-state index contributed by atoms with van der Waals surface area (Å²) in [6.45, 7) is 2.11. The molecule has 3 rings (SSSR count). The molecule has 0 spiro atoms. The van der Waals surface area contributed by atoms with Crippen molar-refractivity contribution < 1.29 is 4.79 Å². The molecular formula is C23H23NO. The van der Waals surface area contributed by atoms with Crippen LogP contribution in [0.15, 0.2) is 78.9 Å². The van der Waals surface area contributed by atoms with Gasteiger partial charge in [-0.05, 0) is 54.2 Å². The first kappa shape index (κ1) is 17.0. The van der Waals surface area contributed by atoms with Gasteiger partial charge in [-0.15, -0.1) is 0 Å². The van der Waals surface area contributed by atoms with Crippen molar-refractivity contribution in [2.45, 2.75) is 26.2 Å². The molecule has 0 aliphatic heterocycles. The van der Waals surface area contributed by atoms with Gasteiger partial charge in [0.05, 0.1) is 0 Å². The van der Waals surface area contributed by atoms with Gasteiger partial charge < -0.3 is 5.32 Å². The van der Waals surface area contributed by atoms with Gasteiger partial charge in [-0.2, -0.15) is 0 Å². The van der Waals surface area contributed by atoms with E-state index in [-0.39, 0.29) is 5.91 Å². The predicted molar refractivity (Wildman–Crippen MR) is 105 cm³/mol. The molecule has 0 radical (unpaired) electrons. The number of benzene rings is 3. The third-order valence-corrected chi connectivity index (χ3v) is 4.39. The summed E-state index contributed by atoms with van der Waals surface area (Å²) in [5.74, 6) is 0.0704. The molecule has 1 N–H and O–H groups in total. The third-order valence-electron chi connectivity index (χ3n) is 4.39. The normalized spacial score (nSPS) is 10.4. The number of rotatable bonds is 6. The van der Waals surface area contributed by atoms with Gasteiger partial charge in [0.1, 0.15) is 0 Å². The lowest BCUT2D eigenvalue weighted by Gasteiger charge is -2.08. The average molecular weight is 329 g/mol. The van der Waals surface area contributed by atoms with E-state index >= 15 is 0 Å². The molecule has 25 heavy (non-hydrogen) atoms. The van der Waals surface area contributed by atoms with Crippen molar-refractivity contribution in [3.8, 4) is 11.1 Å². The first-order valence-corrected chi connectivity index (χ1v) is 8.72. The first-order valence-electron chi connectivity index (χ1n) is 8.72. The van der Waals surface area contributed by atoms with Crippen LogP contribution in [0.1, 0.15) is 24.0 Å². The maximum absolute atomic E-state index is 12.1. The van der Waals surface area contributed by atoms with Crippen molar-refractivity contribution >= 4 is 11.6 Å². The summed E-state index contributed by atoms with van der Waals surface area (Å²) in [6.07, 6.45) is 2.33. The number of hydrogen-bond donors (Lipinski definition) is 1.